The van der Waals surface area contributed by atoms with E-state index in [0.29, 0.717) is 6.04 Å². The minimum absolute atomic E-state index is 0. The molecule has 11 rings (SSSR count). The minimum atomic E-state index is 0. The fourth-order valence-electron chi connectivity index (χ4n) is 13.2. The molecule has 0 spiro atoms. The molecule has 4 bridgehead atoms. The number of nitrogens with zero attached hydrogens (tertiary/aromatic N) is 3. The quantitative estimate of drug-likeness (QED) is 0.154. The van der Waals surface area contributed by atoms with E-state index in [2.05, 4.69) is 163 Å². The van der Waals surface area contributed by atoms with Gasteiger partial charge in [0.05, 0.1) is 0 Å². The van der Waals surface area contributed by atoms with Crippen LogP contribution in [0.25, 0.3) is 21.8 Å². The minimum Gasteiger partial charge on any atom is -0.382 e. The Bertz CT molecular complexity index is 2080. The lowest BCUT2D eigenvalue weighted by Gasteiger charge is -2.56. The van der Waals surface area contributed by atoms with Crippen LogP contribution in [0.4, 0.5) is 5.69 Å². The lowest BCUT2D eigenvalue weighted by Crippen LogP contribution is -2.58. The van der Waals surface area contributed by atoms with Crippen LogP contribution in [0.3, 0.4) is 0 Å². The first-order valence-electron chi connectivity index (χ1n) is 22.8. The fraction of sp³-hybridized carbons (Fsp3) is 0.538. The number of anilines is 1. The summed E-state index contributed by atoms with van der Waals surface area (Å²) in [5, 5.41) is 10.8. The van der Waals surface area contributed by atoms with Crippen LogP contribution in [-0.4, -0.2) is 60.7 Å². The second kappa shape index (κ2) is 21.0. The average Bonchev–Trinajstić information content (AvgIpc) is 3.56. The van der Waals surface area contributed by atoms with E-state index in [4.69, 9.17) is 0 Å². The molecule has 0 unspecified atom stereocenters. The molecule has 5 aromatic rings. The lowest BCUT2D eigenvalue weighted by molar-refractivity contribution is -0.0227. The summed E-state index contributed by atoms with van der Waals surface area (Å²) < 4.78 is 2.42. The van der Waals surface area contributed by atoms with Crippen LogP contribution in [0.15, 0.2) is 103 Å². The Morgan fingerprint density at radius 3 is 1.49 bits per heavy atom. The SMILES string of the molecule is CCn1c2ccccc2c2cc(NC3CCC(c4ccccc4)(N(C)C)CC3)ccc21.CN(C)C1(c2ccccc2)CCC(NC2C3CC4CC(C3)CC2C4)CC1.Cl.Cl.Cl.Cl. The Hall–Kier alpha value is -2.48. The summed E-state index contributed by atoms with van der Waals surface area (Å²) in [6, 6.07) is 40.1. The first-order chi connectivity index (χ1) is 27.8. The van der Waals surface area contributed by atoms with E-state index in [-0.39, 0.29) is 60.7 Å². The van der Waals surface area contributed by atoms with Gasteiger partial charge in [-0.05, 0) is 178 Å². The zero-order valence-electron chi connectivity index (χ0n) is 37.2. The lowest BCUT2D eigenvalue weighted by atomic mass is 9.54. The number of nitrogens with one attached hydrogen (secondary N) is 2. The maximum absolute atomic E-state index is 4.21. The third kappa shape index (κ3) is 9.65. The van der Waals surface area contributed by atoms with Gasteiger partial charge >= 0.3 is 0 Å². The molecule has 0 radical (unpaired) electrons. The Labute approximate surface area is 392 Å². The Morgan fingerprint density at radius 2 is 1.00 bits per heavy atom. The molecule has 0 amide bonds. The van der Waals surface area contributed by atoms with Gasteiger partial charge in [-0.3, -0.25) is 9.80 Å². The Balaban J connectivity index is 0.000000219. The molecular formula is C52H73Cl4N5. The molecule has 4 aromatic carbocycles. The van der Waals surface area contributed by atoms with Gasteiger partial charge in [-0.25, -0.2) is 0 Å². The average molecular weight is 910 g/mol. The fourth-order valence-corrected chi connectivity index (χ4v) is 13.2. The smallest absolute Gasteiger partial charge is 0.0492 e. The number of para-hydroxylation sites is 1. The molecular weight excluding hydrogens is 836 g/mol. The van der Waals surface area contributed by atoms with E-state index in [1.54, 1.807) is 6.42 Å². The molecule has 1 aromatic heterocycles. The highest BCUT2D eigenvalue weighted by Gasteiger charge is 2.49. The van der Waals surface area contributed by atoms with Gasteiger partial charge in [-0.2, -0.15) is 0 Å². The van der Waals surface area contributed by atoms with Gasteiger partial charge in [0.15, 0.2) is 0 Å². The van der Waals surface area contributed by atoms with Crippen LogP contribution < -0.4 is 10.6 Å². The maximum Gasteiger partial charge on any atom is 0.0492 e. The molecule has 2 N–H and O–H groups in total. The van der Waals surface area contributed by atoms with Crippen molar-refractivity contribution < 1.29 is 0 Å². The van der Waals surface area contributed by atoms with Crippen LogP contribution in [-0.2, 0) is 17.6 Å². The van der Waals surface area contributed by atoms with Gasteiger partial charge < -0.3 is 15.2 Å². The van der Waals surface area contributed by atoms with E-state index in [1.165, 1.54) is 116 Å². The molecule has 6 fully saturated rings. The van der Waals surface area contributed by atoms with Crippen LogP contribution in [0, 0.1) is 23.7 Å². The second-order valence-electron chi connectivity index (χ2n) is 19.4. The van der Waals surface area contributed by atoms with Gasteiger partial charge in [0.25, 0.3) is 0 Å². The number of aryl methyl sites for hydroxylation is 1. The first-order valence-corrected chi connectivity index (χ1v) is 22.8. The number of rotatable bonds is 9. The first kappa shape index (κ1) is 49.5. The van der Waals surface area contributed by atoms with E-state index in [1.807, 2.05) is 0 Å². The van der Waals surface area contributed by atoms with Crippen LogP contribution >= 0.6 is 49.6 Å². The van der Waals surface area contributed by atoms with Crippen molar-refractivity contribution >= 4 is 77.1 Å². The summed E-state index contributed by atoms with van der Waals surface area (Å²) in [6.07, 6.45) is 17.6. The summed E-state index contributed by atoms with van der Waals surface area (Å²) in [7, 11) is 9.02. The van der Waals surface area contributed by atoms with Crippen molar-refractivity contribution in [1.82, 2.24) is 19.7 Å². The predicted molar refractivity (Wildman–Crippen MR) is 270 cm³/mol. The summed E-state index contributed by atoms with van der Waals surface area (Å²) in [5.41, 5.74) is 7.25. The molecule has 0 saturated heterocycles. The number of aromatic nitrogens is 1. The van der Waals surface area contributed by atoms with E-state index in [0.717, 1.165) is 42.3 Å². The van der Waals surface area contributed by atoms with Crippen LogP contribution in [0.2, 0.25) is 0 Å². The molecule has 1 heterocycles. The van der Waals surface area contributed by atoms with Crippen molar-refractivity contribution in [3.05, 3.63) is 114 Å². The van der Waals surface area contributed by atoms with Crippen molar-refractivity contribution in [2.45, 2.75) is 126 Å². The predicted octanol–water partition coefficient (Wildman–Crippen LogP) is 13.1. The normalized spacial score (nSPS) is 30.0. The van der Waals surface area contributed by atoms with Gasteiger partial charge in [0.1, 0.15) is 0 Å². The number of halogens is 4. The Kier molecular flexibility index (Phi) is 17.1. The van der Waals surface area contributed by atoms with Gasteiger partial charge in [0.2, 0.25) is 0 Å². The highest BCUT2D eigenvalue weighted by Crippen LogP contribution is 2.54. The monoisotopic (exact) mass is 907 g/mol. The zero-order chi connectivity index (χ0) is 39.1. The third-order valence-corrected chi connectivity index (χ3v) is 16.1. The van der Waals surface area contributed by atoms with Gasteiger partial charge in [-0.15, -0.1) is 49.6 Å². The number of hydrogen-bond donors (Lipinski definition) is 2. The molecule has 6 aliphatic rings. The molecule has 9 heteroatoms. The van der Waals surface area contributed by atoms with Crippen molar-refractivity contribution in [3.63, 3.8) is 0 Å². The Morgan fingerprint density at radius 1 is 0.541 bits per heavy atom. The number of hydrogen-bond acceptors (Lipinski definition) is 4. The molecule has 6 aliphatic carbocycles. The molecule has 334 valence electrons. The molecule has 5 nitrogen and oxygen atoms in total. The molecule has 0 aliphatic heterocycles. The van der Waals surface area contributed by atoms with Crippen LogP contribution in [0.1, 0.15) is 102 Å². The van der Waals surface area contributed by atoms with E-state index in [9.17, 15) is 0 Å². The maximum atomic E-state index is 4.21. The second-order valence-corrected chi connectivity index (χ2v) is 19.4. The van der Waals surface area contributed by atoms with Gasteiger partial charge in [0, 0.05) is 63.2 Å². The van der Waals surface area contributed by atoms with E-state index < -0.39 is 0 Å². The molecule has 0 atom stereocenters. The summed E-state index contributed by atoms with van der Waals surface area (Å²) in [5.74, 6) is 4.17. The largest absolute Gasteiger partial charge is 0.382 e. The molecule has 6 saturated carbocycles. The number of fused-ring (bicyclic) bond motifs is 3. The van der Waals surface area contributed by atoms with Crippen molar-refractivity contribution in [2.75, 3.05) is 33.5 Å². The number of benzene rings is 4. The zero-order valence-corrected chi connectivity index (χ0v) is 40.5. The standard InChI is InChI=1S/C28H33N3.C24H36N2.4ClH/c1-4-31-26-13-9-8-12-24(26)25-20-23(14-15-27(25)31)29-22-16-18-28(19-17-22,30(2)3)21-10-6-5-7-11-21;1-26(2)24(21-6-4-3-5-7-21)10-8-22(9-11-24)25-23-19-13-17-12-18(15-19)16-20(23)14-17;;;;/h5-15,20,22,29H,4,16-19H2,1-3H3;3-7,17-20,22-23,25H,8-16H2,1-2H3;4*1H. The highest BCUT2D eigenvalue weighted by molar-refractivity contribution is 6.09. The van der Waals surface area contributed by atoms with Crippen molar-refractivity contribution in [3.8, 4) is 0 Å². The topological polar surface area (TPSA) is 35.5 Å². The van der Waals surface area contributed by atoms with Crippen molar-refractivity contribution in [1.29, 1.82) is 0 Å². The third-order valence-electron chi connectivity index (χ3n) is 16.1. The summed E-state index contributed by atoms with van der Waals surface area (Å²) in [4.78, 5) is 4.92. The van der Waals surface area contributed by atoms with Crippen LogP contribution in [0.5, 0.6) is 0 Å². The van der Waals surface area contributed by atoms with Crippen molar-refractivity contribution in [2.24, 2.45) is 23.7 Å². The summed E-state index contributed by atoms with van der Waals surface area (Å²) in [6.45, 7) is 3.22. The van der Waals surface area contributed by atoms with E-state index >= 15 is 0 Å². The summed E-state index contributed by atoms with van der Waals surface area (Å²) >= 11 is 0. The van der Waals surface area contributed by atoms with Gasteiger partial charge in [-0.1, -0.05) is 78.9 Å². The molecule has 61 heavy (non-hydrogen) atoms. The highest BCUT2D eigenvalue weighted by atomic mass is 35.5.